The molecule has 1 fully saturated rings. The van der Waals surface area contributed by atoms with Crippen LogP contribution in [0.4, 0.5) is 0 Å². The van der Waals surface area contributed by atoms with Crippen molar-refractivity contribution in [1.82, 2.24) is 14.9 Å². The Labute approximate surface area is 121 Å². The second-order valence-electron chi connectivity index (χ2n) is 5.91. The molecule has 0 aliphatic heterocycles. The van der Waals surface area contributed by atoms with E-state index in [4.69, 9.17) is 0 Å². The van der Waals surface area contributed by atoms with Crippen LogP contribution in [0.5, 0.6) is 0 Å². The normalized spacial score (nSPS) is 23.9. The first kappa shape index (κ1) is 15.5. The van der Waals surface area contributed by atoms with Gasteiger partial charge in [-0.3, -0.25) is 5.10 Å². The summed E-state index contributed by atoms with van der Waals surface area (Å²) < 4.78 is 27.4. The summed E-state index contributed by atoms with van der Waals surface area (Å²) in [5.74, 6) is 1.31. The van der Waals surface area contributed by atoms with E-state index in [2.05, 4.69) is 21.8 Å². The minimum Gasteiger partial charge on any atom is -0.281 e. The molecule has 1 aromatic rings. The van der Waals surface area contributed by atoms with Crippen molar-refractivity contribution in [1.29, 1.82) is 0 Å². The fourth-order valence-corrected chi connectivity index (χ4v) is 4.56. The molecule has 20 heavy (non-hydrogen) atoms. The molecule has 0 amide bonds. The predicted octanol–water partition coefficient (Wildman–Crippen LogP) is 2.52. The Morgan fingerprint density at radius 2 is 1.80 bits per heavy atom. The van der Waals surface area contributed by atoms with Crippen LogP contribution < -0.4 is 4.72 Å². The van der Waals surface area contributed by atoms with E-state index in [1.165, 1.54) is 19.3 Å². The van der Waals surface area contributed by atoms with Gasteiger partial charge in [0.25, 0.3) is 0 Å². The summed E-state index contributed by atoms with van der Waals surface area (Å²) >= 11 is 0. The number of hydrogen-bond donors (Lipinski definition) is 2. The van der Waals surface area contributed by atoms with Gasteiger partial charge in [0.05, 0.1) is 11.4 Å². The van der Waals surface area contributed by atoms with E-state index < -0.39 is 10.0 Å². The van der Waals surface area contributed by atoms with E-state index in [9.17, 15) is 8.42 Å². The molecule has 1 aliphatic carbocycles. The van der Waals surface area contributed by atoms with E-state index in [0.29, 0.717) is 28.7 Å². The third-order valence-corrected chi connectivity index (χ3v) is 6.12. The van der Waals surface area contributed by atoms with Gasteiger partial charge in [0.15, 0.2) is 0 Å². The molecule has 0 radical (unpaired) electrons. The first-order valence-corrected chi connectivity index (χ1v) is 8.93. The number of rotatable bonds is 5. The van der Waals surface area contributed by atoms with Gasteiger partial charge < -0.3 is 0 Å². The first-order valence-electron chi connectivity index (χ1n) is 7.45. The molecule has 1 aliphatic rings. The molecule has 114 valence electrons. The Morgan fingerprint density at radius 1 is 1.20 bits per heavy atom. The molecule has 6 heteroatoms. The number of H-pyrrole nitrogens is 1. The number of sulfonamides is 1. The van der Waals surface area contributed by atoms with Gasteiger partial charge in [0, 0.05) is 6.54 Å². The zero-order chi connectivity index (χ0) is 14.8. The van der Waals surface area contributed by atoms with Gasteiger partial charge in [0.2, 0.25) is 10.0 Å². The van der Waals surface area contributed by atoms with Gasteiger partial charge >= 0.3 is 0 Å². The van der Waals surface area contributed by atoms with Crippen molar-refractivity contribution in [3.05, 3.63) is 11.4 Å². The average Bonchev–Trinajstić information content (AvgIpc) is 2.77. The molecule has 2 N–H and O–H groups in total. The maximum absolute atomic E-state index is 12.3. The molecule has 0 saturated heterocycles. The number of nitrogens with one attached hydrogen (secondary N) is 2. The van der Waals surface area contributed by atoms with Gasteiger partial charge in [-0.15, -0.1) is 0 Å². The van der Waals surface area contributed by atoms with E-state index in [1.807, 2.05) is 0 Å². The van der Waals surface area contributed by atoms with Crippen molar-refractivity contribution in [3.63, 3.8) is 0 Å². The lowest BCUT2D eigenvalue weighted by Crippen LogP contribution is -2.31. The van der Waals surface area contributed by atoms with Gasteiger partial charge in [-0.05, 0) is 38.5 Å². The molecule has 0 bridgehead atoms. The number of aryl methyl sites for hydroxylation is 2. The molecule has 2 rings (SSSR count). The number of nitrogens with zero attached hydrogens (tertiary/aromatic N) is 1. The molecule has 0 spiro atoms. The van der Waals surface area contributed by atoms with Crippen LogP contribution in [-0.4, -0.2) is 25.2 Å². The molecular formula is C14H25N3O2S. The van der Waals surface area contributed by atoms with Gasteiger partial charge in [-0.25, -0.2) is 13.1 Å². The highest BCUT2D eigenvalue weighted by molar-refractivity contribution is 7.89. The van der Waals surface area contributed by atoms with Crippen LogP contribution in [0.1, 0.15) is 50.4 Å². The third kappa shape index (κ3) is 3.41. The van der Waals surface area contributed by atoms with E-state index in [1.54, 1.807) is 13.8 Å². The fraction of sp³-hybridized carbons (Fsp3) is 0.786. The van der Waals surface area contributed by atoms with Crippen LogP contribution >= 0.6 is 0 Å². The monoisotopic (exact) mass is 299 g/mol. The van der Waals surface area contributed by atoms with Crippen molar-refractivity contribution < 1.29 is 8.42 Å². The maximum atomic E-state index is 12.3. The molecule has 1 aromatic heterocycles. The second kappa shape index (κ2) is 6.26. The lowest BCUT2D eigenvalue weighted by Gasteiger charge is -2.27. The van der Waals surface area contributed by atoms with Crippen LogP contribution in [0, 0.1) is 25.7 Å². The highest BCUT2D eigenvalue weighted by Crippen LogP contribution is 2.30. The fourth-order valence-electron chi connectivity index (χ4n) is 3.08. The summed E-state index contributed by atoms with van der Waals surface area (Å²) in [5.41, 5.74) is 1.13. The predicted molar refractivity (Wildman–Crippen MR) is 79.0 cm³/mol. The van der Waals surface area contributed by atoms with Crippen molar-refractivity contribution in [2.24, 2.45) is 11.8 Å². The summed E-state index contributed by atoms with van der Waals surface area (Å²) in [6.07, 6.45) is 5.96. The van der Waals surface area contributed by atoms with Crippen LogP contribution in [-0.2, 0) is 10.0 Å². The zero-order valence-electron chi connectivity index (χ0n) is 12.6. The van der Waals surface area contributed by atoms with Crippen molar-refractivity contribution in [3.8, 4) is 0 Å². The van der Waals surface area contributed by atoms with Crippen LogP contribution in [0.2, 0.25) is 0 Å². The van der Waals surface area contributed by atoms with Crippen molar-refractivity contribution >= 4 is 10.0 Å². The maximum Gasteiger partial charge on any atom is 0.244 e. The van der Waals surface area contributed by atoms with Crippen LogP contribution in [0.3, 0.4) is 0 Å². The van der Waals surface area contributed by atoms with Gasteiger partial charge in [0.1, 0.15) is 4.90 Å². The highest BCUT2D eigenvalue weighted by Gasteiger charge is 2.25. The molecular weight excluding hydrogens is 274 g/mol. The van der Waals surface area contributed by atoms with E-state index >= 15 is 0 Å². The average molecular weight is 299 g/mol. The molecule has 5 nitrogen and oxygen atoms in total. The number of hydrogen-bond acceptors (Lipinski definition) is 3. The number of aromatic amines is 1. The first-order chi connectivity index (χ1) is 9.44. The Balaban J connectivity index is 1.94. The molecule has 0 aromatic carbocycles. The Hall–Kier alpha value is -0.880. The van der Waals surface area contributed by atoms with Crippen LogP contribution in [0.25, 0.3) is 0 Å². The SMILES string of the molecule is CCC1CCC(CNS(=O)(=O)c2c(C)n[nH]c2C)CC1. The minimum absolute atomic E-state index is 0.305. The lowest BCUT2D eigenvalue weighted by atomic mass is 9.81. The third-order valence-electron chi connectivity index (χ3n) is 4.43. The minimum atomic E-state index is -3.44. The summed E-state index contributed by atoms with van der Waals surface area (Å²) in [4.78, 5) is 0.305. The van der Waals surface area contributed by atoms with Crippen LogP contribution in [0.15, 0.2) is 4.90 Å². The Bertz CT molecular complexity index is 523. The zero-order valence-corrected chi connectivity index (χ0v) is 13.4. The van der Waals surface area contributed by atoms with Gasteiger partial charge in [-0.2, -0.15) is 5.10 Å². The largest absolute Gasteiger partial charge is 0.281 e. The van der Waals surface area contributed by atoms with Gasteiger partial charge in [-0.1, -0.05) is 26.2 Å². The molecule has 0 atom stereocenters. The second-order valence-corrected chi connectivity index (χ2v) is 7.61. The Kier molecular flexibility index (Phi) is 4.86. The summed E-state index contributed by atoms with van der Waals surface area (Å²) in [6.45, 7) is 6.23. The Morgan fingerprint density at radius 3 is 2.30 bits per heavy atom. The quantitative estimate of drug-likeness (QED) is 0.877. The topological polar surface area (TPSA) is 74.8 Å². The summed E-state index contributed by atoms with van der Waals surface area (Å²) in [7, 11) is -3.44. The van der Waals surface area contributed by atoms with Crippen molar-refractivity contribution in [2.75, 3.05) is 6.54 Å². The lowest BCUT2D eigenvalue weighted by molar-refractivity contribution is 0.270. The van der Waals surface area contributed by atoms with E-state index in [0.717, 1.165) is 18.8 Å². The standard InChI is InChI=1S/C14H25N3O2S/c1-4-12-5-7-13(8-6-12)9-15-20(18,19)14-10(2)16-17-11(14)3/h12-13,15H,4-9H2,1-3H3,(H,16,17). The number of aromatic nitrogens is 2. The van der Waals surface area contributed by atoms with Crippen molar-refractivity contribution in [2.45, 2.75) is 57.8 Å². The smallest absolute Gasteiger partial charge is 0.244 e. The summed E-state index contributed by atoms with van der Waals surface area (Å²) in [6, 6.07) is 0. The highest BCUT2D eigenvalue weighted by atomic mass is 32.2. The summed E-state index contributed by atoms with van der Waals surface area (Å²) in [5, 5.41) is 6.68. The molecule has 0 unspecified atom stereocenters. The van der Waals surface area contributed by atoms with E-state index in [-0.39, 0.29) is 0 Å². The molecule has 1 saturated carbocycles. The molecule has 1 heterocycles.